The Kier molecular flexibility index (Phi) is 3.92. The second-order valence-electron chi connectivity index (χ2n) is 11.2. The van der Waals surface area contributed by atoms with E-state index in [2.05, 4.69) is 24.1 Å². The number of ether oxygens (including phenoxy) is 1. The highest BCUT2D eigenvalue weighted by Crippen LogP contribution is 2.78. The number of nitrogens with zero attached hydrogens (tertiary/aromatic N) is 2. The summed E-state index contributed by atoms with van der Waals surface area (Å²) in [5, 5.41) is 20.2. The van der Waals surface area contributed by atoms with E-state index in [1.807, 2.05) is 6.07 Å². The third kappa shape index (κ3) is 2.31. The Labute approximate surface area is 183 Å². The maximum atomic E-state index is 11.9. The summed E-state index contributed by atoms with van der Waals surface area (Å²) < 4.78 is 11.9. The molecule has 5 aliphatic rings. The smallest absolute Gasteiger partial charge is 0.211 e. The summed E-state index contributed by atoms with van der Waals surface area (Å²) in [5.74, 6) is 1.77. The Morgan fingerprint density at radius 1 is 1.16 bits per heavy atom. The molecule has 8 atom stereocenters. The number of fused-ring (bicyclic) bond motifs is 3. The van der Waals surface area contributed by atoms with E-state index in [9.17, 15) is 5.11 Å². The van der Waals surface area contributed by atoms with Crippen LogP contribution >= 0.6 is 0 Å². The number of nitrogens with two attached hydrogens (primary N) is 2. The van der Waals surface area contributed by atoms with E-state index in [-0.39, 0.29) is 28.5 Å². The Morgan fingerprint density at radius 2 is 2.00 bits per heavy atom. The molecule has 6 rings (SSSR count). The fourth-order valence-electron chi connectivity index (χ4n) is 8.68. The summed E-state index contributed by atoms with van der Waals surface area (Å²) >= 11 is 0. The van der Waals surface area contributed by atoms with Crippen molar-refractivity contribution in [3.8, 4) is 0 Å². The van der Waals surface area contributed by atoms with Crippen molar-refractivity contribution >= 4 is 11.7 Å². The largest absolute Gasteiger partial charge is 0.472 e. The molecule has 1 spiro atoms. The third-order valence-electron chi connectivity index (χ3n) is 10.4. The molecule has 1 aliphatic heterocycles. The molecule has 168 valence electrons. The molecule has 1 saturated heterocycles. The van der Waals surface area contributed by atoms with Gasteiger partial charge >= 0.3 is 0 Å². The van der Waals surface area contributed by atoms with E-state index in [0.717, 1.165) is 49.8 Å². The molecule has 2 heterocycles. The van der Waals surface area contributed by atoms with Gasteiger partial charge in [-0.3, -0.25) is 0 Å². The van der Waals surface area contributed by atoms with Gasteiger partial charge in [-0.15, -0.1) is 5.10 Å². The Morgan fingerprint density at radius 3 is 2.74 bits per heavy atom. The normalized spacial score (nSPS) is 51.4. The highest BCUT2D eigenvalue weighted by molar-refractivity contribution is 5.86. The van der Waals surface area contributed by atoms with Crippen molar-refractivity contribution in [3.05, 3.63) is 24.2 Å². The Bertz CT molecular complexity index is 956. The lowest BCUT2D eigenvalue weighted by molar-refractivity contribution is -0.187. The molecule has 7 heteroatoms. The molecule has 1 aromatic heterocycles. The van der Waals surface area contributed by atoms with Gasteiger partial charge in [-0.05, 0) is 74.2 Å². The van der Waals surface area contributed by atoms with Crippen LogP contribution in [-0.2, 0) is 10.3 Å². The number of guanidine groups is 1. The summed E-state index contributed by atoms with van der Waals surface area (Å²) in [7, 11) is 0. The lowest BCUT2D eigenvalue weighted by Crippen LogP contribution is -2.61. The first-order valence-electron chi connectivity index (χ1n) is 11.8. The summed E-state index contributed by atoms with van der Waals surface area (Å²) in [6.07, 6.45) is 11.8. The predicted octanol–water partition coefficient (Wildman–Crippen LogP) is 3.27. The van der Waals surface area contributed by atoms with Crippen molar-refractivity contribution in [2.24, 2.45) is 50.3 Å². The summed E-state index contributed by atoms with van der Waals surface area (Å²) in [6.45, 7) is 4.78. The third-order valence-corrected chi connectivity index (χ3v) is 10.4. The predicted molar refractivity (Wildman–Crippen MR) is 117 cm³/mol. The molecule has 0 bridgehead atoms. The SMILES string of the molecule is C[C@]12CCC(=NN=C(N)N)C[C@H]1CC[C@@H]1[C@@H]2CC[C@@]2(C)[C@@]13O[C@@H]3C[C@@]2(O)c1ccoc1. The van der Waals surface area contributed by atoms with Gasteiger partial charge in [0.25, 0.3) is 0 Å². The van der Waals surface area contributed by atoms with Crippen LogP contribution in [0.1, 0.15) is 70.8 Å². The Balaban J connectivity index is 1.31. The van der Waals surface area contributed by atoms with Crippen LogP contribution in [0.2, 0.25) is 0 Å². The molecule has 0 radical (unpaired) electrons. The Hall–Kier alpha value is -1.86. The summed E-state index contributed by atoms with van der Waals surface area (Å²) in [5.41, 5.74) is 11.9. The van der Waals surface area contributed by atoms with Gasteiger partial charge in [0.1, 0.15) is 11.2 Å². The fraction of sp³-hybridized carbons (Fsp3) is 0.750. The van der Waals surface area contributed by atoms with Crippen LogP contribution in [0.4, 0.5) is 0 Å². The van der Waals surface area contributed by atoms with Crippen LogP contribution in [0, 0.1) is 28.6 Å². The van der Waals surface area contributed by atoms with E-state index in [1.165, 1.54) is 6.42 Å². The molecule has 1 aromatic rings. The maximum absolute atomic E-state index is 11.9. The van der Waals surface area contributed by atoms with Crippen molar-refractivity contribution < 1.29 is 14.3 Å². The van der Waals surface area contributed by atoms with E-state index in [0.29, 0.717) is 24.2 Å². The van der Waals surface area contributed by atoms with Crippen molar-refractivity contribution in [2.45, 2.75) is 82.5 Å². The lowest BCUT2D eigenvalue weighted by Gasteiger charge is -2.61. The number of hydrogen-bond acceptors (Lipinski definition) is 5. The number of epoxide rings is 1. The average Bonchev–Trinajstić information content (AvgIpc) is 3.10. The first-order chi connectivity index (χ1) is 14.7. The zero-order valence-corrected chi connectivity index (χ0v) is 18.5. The van der Waals surface area contributed by atoms with Crippen LogP contribution in [0.25, 0.3) is 0 Å². The lowest BCUT2D eigenvalue weighted by atomic mass is 9.43. The van der Waals surface area contributed by atoms with Gasteiger partial charge in [0.2, 0.25) is 5.96 Å². The first-order valence-corrected chi connectivity index (χ1v) is 11.8. The highest BCUT2D eigenvalue weighted by Gasteiger charge is 2.84. The van der Waals surface area contributed by atoms with E-state index in [4.69, 9.17) is 20.6 Å². The molecule has 5 N–H and O–H groups in total. The van der Waals surface area contributed by atoms with E-state index >= 15 is 0 Å². The van der Waals surface area contributed by atoms with Gasteiger partial charge in [-0.1, -0.05) is 13.8 Å². The van der Waals surface area contributed by atoms with Crippen LogP contribution < -0.4 is 11.5 Å². The molecular weight excluding hydrogens is 392 g/mol. The monoisotopic (exact) mass is 426 g/mol. The van der Waals surface area contributed by atoms with Crippen molar-refractivity contribution in [1.82, 2.24) is 0 Å². The van der Waals surface area contributed by atoms with Crippen molar-refractivity contribution in [1.29, 1.82) is 0 Å². The molecule has 5 fully saturated rings. The summed E-state index contributed by atoms with van der Waals surface area (Å²) in [6, 6.07) is 1.94. The van der Waals surface area contributed by atoms with Gasteiger partial charge in [0.05, 0.1) is 18.6 Å². The van der Waals surface area contributed by atoms with Crippen molar-refractivity contribution in [3.63, 3.8) is 0 Å². The van der Waals surface area contributed by atoms with Gasteiger partial charge < -0.3 is 25.7 Å². The van der Waals surface area contributed by atoms with Crippen LogP contribution in [0.15, 0.2) is 33.2 Å². The molecule has 4 aliphatic carbocycles. The molecule has 0 aromatic carbocycles. The van der Waals surface area contributed by atoms with Crippen LogP contribution in [0.3, 0.4) is 0 Å². The summed E-state index contributed by atoms with van der Waals surface area (Å²) in [4.78, 5) is 0. The van der Waals surface area contributed by atoms with Gasteiger partial charge in [0.15, 0.2) is 0 Å². The number of rotatable bonds is 2. The minimum absolute atomic E-state index is 0.0264. The zero-order chi connectivity index (χ0) is 21.6. The van der Waals surface area contributed by atoms with Crippen LogP contribution in [0.5, 0.6) is 0 Å². The first kappa shape index (κ1) is 19.8. The second-order valence-corrected chi connectivity index (χ2v) is 11.2. The molecular formula is C24H34N4O3. The average molecular weight is 427 g/mol. The molecule has 4 saturated carbocycles. The minimum Gasteiger partial charge on any atom is -0.472 e. The number of furan rings is 1. The zero-order valence-electron chi connectivity index (χ0n) is 18.5. The van der Waals surface area contributed by atoms with Crippen LogP contribution in [-0.4, -0.2) is 28.5 Å². The minimum atomic E-state index is -0.863. The molecule has 31 heavy (non-hydrogen) atoms. The van der Waals surface area contributed by atoms with Crippen molar-refractivity contribution in [2.75, 3.05) is 0 Å². The molecule has 7 nitrogen and oxygen atoms in total. The van der Waals surface area contributed by atoms with Gasteiger partial charge in [-0.25, -0.2) is 0 Å². The standard InChI is InChI=1S/C24H34N4O3/c1-21-8-5-16(27-28-20(25)26)11-14(21)3-4-18-17(21)6-9-22(2)23(29,15-7-10-30-13-15)12-19-24(18,22)31-19/h7,10,13-14,17-19,29H,3-6,8-9,11-12H2,1-2H3,(H4,25,26,28)/t14-,17+,18-,19-,21+,22-,23-,24-/m1/s1. The van der Waals surface area contributed by atoms with Gasteiger partial charge in [0, 0.05) is 23.1 Å². The molecule has 0 unspecified atom stereocenters. The topological polar surface area (TPSA) is 123 Å². The maximum Gasteiger partial charge on any atom is 0.211 e. The van der Waals surface area contributed by atoms with Gasteiger partial charge in [-0.2, -0.15) is 5.10 Å². The van der Waals surface area contributed by atoms with E-state index in [1.54, 1.807) is 12.5 Å². The highest BCUT2D eigenvalue weighted by atomic mass is 16.6. The van der Waals surface area contributed by atoms with E-state index < -0.39 is 5.60 Å². The molecule has 0 amide bonds. The number of aliphatic hydroxyl groups is 1. The fourth-order valence-corrected chi connectivity index (χ4v) is 8.68. The quantitative estimate of drug-likeness (QED) is 0.290. The number of hydrogen-bond donors (Lipinski definition) is 3. The second kappa shape index (κ2) is 6.13.